The van der Waals surface area contributed by atoms with Crippen LogP contribution >= 0.6 is 0 Å². The molecule has 1 aromatic rings. The number of carbonyl (C=O) groups is 1. The summed E-state index contributed by atoms with van der Waals surface area (Å²) in [6.45, 7) is 0. The third kappa shape index (κ3) is 1.76. The summed E-state index contributed by atoms with van der Waals surface area (Å²) in [6.07, 6.45) is -3.17. The highest BCUT2D eigenvalue weighted by molar-refractivity contribution is 5.90. The van der Waals surface area contributed by atoms with Crippen LogP contribution in [0, 0.1) is 5.82 Å². The quantitative estimate of drug-likeness (QED) is 0.741. The Balaban J connectivity index is 3.43. The van der Waals surface area contributed by atoms with Crippen LogP contribution in [0.5, 0.6) is 0 Å². The Morgan fingerprint density at radius 1 is 1.50 bits per heavy atom. The molecule has 1 amide bonds. The summed E-state index contributed by atoms with van der Waals surface area (Å²) in [5.41, 5.74) is 1.65. The number of pyridine rings is 1. The zero-order valence-electron chi connectivity index (χ0n) is 6.68. The van der Waals surface area contributed by atoms with Gasteiger partial charge < -0.3 is 10.7 Å². The highest BCUT2D eigenvalue weighted by Crippen LogP contribution is 2.19. The van der Waals surface area contributed by atoms with Crippen LogP contribution in [0.4, 0.5) is 13.2 Å². The number of aromatic nitrogens is 1. The minimum Gasteiger partial charge on any atom is -0.364 e. The van der Waals surface area contributed by atoms with Crippen molar-refractivity contribution in [3.05, 3.63) is 33.5 Å². The summed E-state index contributed by atoms with van der Waals surface area (Å²) >= 11 is 0. The minimum absolute atomic E-state index is 0.518. The maximum absolute atomic E-state index is 12.7. The molecular formula is C7H5F3N2O2. The van der Waals surface area contributed by atoms with Crippen LogP contribution in [0.15, 0.2) is 10.9 Å². The second-order valence-electron chi connectivity index (χ2n) is 2.45. The summed E-state index contributed by atoms with van der Waals surface area (Å²) in [5, 5.41) is 0. The Bertz CT molecular complexity index is 427. The zero-order valence-corrected chi connectivity index (χ0v) is 6.68. The average molecular weight is 206 g/mol. The molecule has 76 valence electrons. The van der Waals surface area contributed by atoms with Gasteiger partial charge in [-0.15, -0.1) is 0 Å². The maximum atomic E-state index is 12.7. The Labute approximate surface area is 75.5 Å². The van der Waals surface area contributed by atoms with E-state index in [-0.39, 0.29) is 0 Å². The van der Waals surface area contributed by atoms with E-state index in [1.807, 2.05) is 0 Å². The largest absolute Gasteiger partial charge is 0.364 e. The molecule has 0 radical (unpaired) electrons. The molecule has 3 N–H and O–H groups in total. The predicted molar refractivity (Wildman–Crippen MR) is 40.5 cm³/mol. The van der Waals surface area contributed by atoms with Gasteiger partial charge in [0.25, 0.3) is 17.9 Å². The van der Waals surface area contributed by atoms with Crippen LogP contribution in [0.25, 0.3) is 0 Å². The molecule has 0 aliphatic heterocycles. The second-order valence-corrected chi connectivity index (χ2v) is 2.45. The number of rotatable bonds is 2. The Morgan fingerprint density at radius 3 is 2.50 bits per heavy atom. The highest BCUT2D eigenvalue weighted by Gasteiger charge is 2.18. The number of alkyl halides is 2. The van der Waals surface area contributed by atoms with Gasteiger partial charge in [-0.25, -0.2) is 13.2 Å². The normalized spacial score (nSPS) is 10.6. The van der Waals surface area contributed by atoms with Crippen molar-refractivity contribution >= 4 is 5.91 Å². The summed E-state index contributed by atoms with van der Waals surface area (Å²) in [4.78, 5) is 23.0. The predicted octanol–water partition coefficient (Wildman–Crippen LogP) is 0.550. The van der Waals surface area contributed by atoms with Crippen molar-refractivity contribution in [2.75, 3.05) is 0 Å². The van der Waals surface area contributed by atoms with Gasteiger partial charge in [0, 0.05) is 0 Å². The Kier molecular flexibility index (Phi) is 2.59. The first-order valence-electron chi connectivity index (χ1n) is 3.44. The van der Waals surface area contributed by atoms with Crippen molar-refractivity contribution < 1.29 is 18.0 Å². The number of hydrogen-bond donors (Lipinski definition) is 2. The Hall–Kier alpha value is -1.79. The van der Waals surface area contributed by atoms with Crippen LogP contribution in [0.1, 0.15) is 22.5 Å². The molecule has 0 saturated heterocycles. The van der Waals surface area contributed by atoms with Crippen molar-refractivity contribution in [2.45, 2.75) is 6.43 Å². The molecule has 0 atom stereocenters. The molecule has 0 aliphatic rings. The maximum Gasteiger partial charge on any atom is 0.285 e. The average Bonchev–Trinajstić information content (AvgIpc) is 2.08. The third-order valence-corrected chi connectivity index (χ3v) is 1.50. The monoisotopic (exact) mass is 206 g/mol. The van der Waals surface area contributed by atoms with Crippen molar-refractivity contribution in [1.29, 1.82) is 0 Å². The fourth-order valence-corrected chi connectivity index (χ4v) is 0.855. The number of carbonyl (C=O) groups excluding carboxylic acids is 1. The van der Waals surface area contributed by atoms with Gasteiger partial charge in [-0.05, 0) is 6.07 Å². The zero-order chi connectivity index (χ0) is 10.9. The van der Waals surface area contributed by atoms with Crippen molar-refractivity contribution in [2.24, 2.45) is 5.73 Å². The van der Waals surface area contributed by atoms with Gasteiger partial charge >= 0.3 is 0 Å². The lowest BCUT2D eigenvalue weighted by molar-refractivity contribution is 0.0994. The van der Waals surface area contributed by atoms with Gasteiger partial charge in [0.15, 0.2) is 5.82 Å². The van der Waals surface area contributed by atoms with E-state index in [4.69, 9.17) is 5.73 Å². The number of nitrogens with two attached hydrogens (primary N) is 1. The standard InChI is InChI=1S/C7H5F3N2O2/c8-4-2(5(9)10)1-3(6(11)13)12-7(4)14/h1,5H,(H2,11,13)(H,12,14). The molecule has 7 heteroatoms. The molecule has 0 fully saturated rings. The molecule has 0 aliphatic carbocycles. The van der Waals surface area contributed by atoms with Crippen LogP contribution in [0.3, 0.4) is 0 Å². The molecule has 0 spiro atoms. The van der Waals surface area contributed by atoms with E-state index < -0.39 is 35.0 Å². The van der Waals surface area contributed by atoms with Crippen LogP contribution in [-0.2, 0) is 0 Å². The fraction of sp³-hybridized carbons (Fsp3) is 0.143. The lowest BCUT2D eigenvalue weighted by Crippen LogP contribution is -2.22. The number of nitrogens with one attached hydrogen (secondary N) is 1. The van der Waals surface area contributed by atoms with Gasteiger partial charge in [0.1, 0.15) is 5.69 Å². The fourth-order valence-electron chi connectivity index (χ4n) is 0.855. The van der Waals surface area contributed by atoms with Gasteiger partial charge in [-0.1, -0.05) is 0 Å². The van der Waals surface area contributed by atoms with E-state index in [2.05, 4.69) is 0 Å². The van der Waals surface area contributed by atoms with E-state index in [9.17, 15) is 22.8 Å². The molecule has 0 saturated carbocycles. The van der Waals surface area contributed by atoms with Crippen molar-refractivity contribution in [3.63, 3.8) is 0 Å². The molecule has 0 unspecified atom stereocenters. The van der Waals surface area contributed by atoms with Crippen LogP contribution in [-0.4, -0.2) is 10.9 Å². The number of aromatic amines is 1. The van der Waals surface area contributed by atoms with Crippen molar-refractivity contribution in [3.8, 4) is 0 Å². The first-order chi connectivity index (χ1) is 6.43. The minimum atomic E-state index is -3.17. The number of primary amides is 1. The third-order valence-electron chi connectivity index (χ3n) is 1.50. The summed E-state index contributed by atoms with van der Waals surface area (Å²) < 4.78 is 36.9. The molecule has 0 bridgehead atoms. The van der Waals surface area contributed by atoms with E-state index in [1.54, 1.807) is 4.98 Å². The summed E-state index contributed by atoms with van der Waals surface area (Å²) in [7, 11) is 0. The van der Waals surface area contributed by atoms with Crippen molar-refractivity contribution in [1.82, 2.24) is 4.98 Å². The molecule has 1 rings (SSSR count). The van der Waals surface area contributed by atoms with Gasteiger partial charge in [0.05, 0.1) is 5.56 Å². The first-order valence-corrected chi connectivity index (χ1v) is 3.44. The molecule has 0 aromatic carbocycles. The Morgan fingerprint density at radius 2 is 2.07 bits per heavy atom. The number of H-pyrrole nitrogens is 1. The lowest BCUT2D eigenvalue weighted by atomic mass is 10.2. The van der Waals surface area contributed by atoms with Crippen LogP contribution < -0.4 is 11.3 Å². The number of amides is 1. The molecule has 1 heterocycles. The lowest BCUT2D eigenvalue weighted by Gasteiger charge is -2.02. The topological polar surface area (TPSA) is 76.0 Å². The molecule has 4 nitrogen and oxygen atoms in total. The van der Waals surface area contributed by atoms with E-state index >= 15 is 0 Å². The van der Waals surface area contributed by atoms with Gasteiger partial charge in [-0.3, -0.25) is 9.59 Å². The molecule has 1 aromatic heterocycles. The van der Waals surface area contributed by atoms with Crippen LogP contribution in [0.2, 0.25) is 0 Å². The molecule has 14 heavy (non-hydrogen) atoms. The SMILES string of the molecule is NC(=O)c1cc(C(F)F)c(F)c(=O)[nH]1. The second kappa shape index (κ2) is 3.52. The van der Waals surface area contributed by atoms with E-state index in [0.717, 1.165) is 0 Å². The van der Waals surface area contributed by atoms with E-state index in [1.165, 1.54) is 0 Å². The molecular weight excluding hydrogens is 201 g/mol. The highest BCUT2D eigenvalue weighted by atomic mass is 19.3. The van der Waals surface area contributed by atoms with E-state index in [0.29, 0.717) is 6.07 Å². The van der Waals surface area contributed by atoms with Gasteiger partial charge in [0.2, 0.25) is 0 Å². The number of hydrogen-bond acceptors (Lipinski definition) is 2. The smallest absolute Gasteiger partial charge is 0.285 e. The summed E-state index contributed by atoms with van der Waals surface area (Å²) in [5.74, 6) is -2.71. The van der Waals surface area contributed by atoms with Gasteiger partial charge in [-0.2, -0.15) is 0 Å². The summed E-state index contributed by atoms with van der Waals surface area (Å²) in [6, 6.07) is 0.518. The first kappa shape index (κ1) is 10.3. The number of halogens is 3.